The molecule has 0 atom stereocenters. The van der Waals surface area contributed by atoms with Gasteiger partial charge in [0.2, 0.25) is 0 Å². The first kappa shape index (κ1) is 23.1. The third-order valence-corrected chi connectivity index (χ3v) is 5.15. The summed E-state index contributed by atoms with van der Waals surface area (Å²) in [6.07, 6.45) is 0. The van der Waals surface area contributed by atoms with Gasteiger partial charge in [0.15, 0.2) is 6.61 Å². The number of benzene rings is 2. The zero-order valence-corrected chi connectivity index (χ0v) is 18.9. The number of aromatic nitrogens is 1. The monoisotopic (exact) mass is 458 g/mol. The van der Waals surface area contributed by atoms with Crippen molar-refractivity contribution in [2.75, 3.05) is 19.0 Å². The summed E-state index contributed by atoms with van der Waals surface area (Å²) in [6.45, 7) is 5.32. The third-order valence-electron chi connectivity index (χ3n) is 4.74. The Morgan fingerprint density at radius 3 is 2.47 bits per heavy atom. The Morgan fingerprint density at radius 1 is 1.12 bits per heavy atom. The van der Waals surface area contributed by atoms with Crippen LogP contribution in [0.1, 0.15) is 32.9 Å². The van der Waals surface area contributed by atoms with Crippen molar-refractivity contribution < 1.29 is 28.3 Å². The topological polar surface area (TPSA) is 99.9 Å². The molecule has 0 saturated heterocycles. The lowest BCUT2D eigenvalue weighted by Crippen LogP contribution is -2.21. The number of methoxy groups -OCH3 is 1. The van der Waals surface area contributed by atoms with Crippen molar-refractivity contribution in [2.24, 2.45) is 0 Å². The Hall–Kier alpha value is -3.52. The van der Waals surface area contributed by atoms with E-state index >= 15 is 0 Å². The number of anilines is 1. The first-order valence-electron chi connectivity index (χ1n) is 9.74. The van der Waals surface area contributed by atoms with E-state index in [1.807, 2.05) is 13.8 Å². The molecule has 0 aliphatic rings. The molecule has 0 aliphatic heterocycles. The molecule has 8 nitrogen and oxygen atoms in total. The SMILES string of the molecule is COc1cc(Cl)c(C)cc1NC(=O)COC(=O)c1ccc(OCc2c(C)noc2C)cc1. The van der Waals surface area contributed by atoms with Gasteiger partial charge in [-0.1, -0.05) is 16.8 Å². The highest BCUT2D eigenvalue weighted by Crippen LogP contribution is 2.30. The largest absolute Gasteiger partial charge is 0.495 e. The molecule has 2 aromatic carbocycles. The van der Waals surface area contributed by atoms with E-state index in [2.05, 4.69) is 10.5 Å². The van der Waals surface area contributed by atoms with Gasteiger partial charge in [-0.05, 0) is 56.7 Å². The Labute approximate surface area is 190 Å². The Bertz CT molecular complexity index is 1100. The first-order valence-corrected chi connectivity index (χ1v) is 10.1. The van der Waals surface area contributed by atoms with E-state index in [9.17, 15) is 9.59 Å². The summed E-state index contributed by atoms with van der Waals surface area (Å²) in [5.41, 5.74) is 3.16. The molecule has 1 heterocycles. The van der Waals surface area contributed by atoms with E-state index in [0.717, 1.165) is 16.8 Å². The van der Waals surface area contributed by atoms with Crippen LogP contribution in [0.3, 0.4) is 0 Å². The minimum atomic E-state index is -0.628. The number of amides is 1. The van der Waals surface area contributed by atoms with E-state index in [1.165, 1.54) is 7.11 Å². The number of hydrogen-bond donors (Lipinski definition) is 1. The second-order valence-electron chi connectivity index (χ2n) is 7.04. The molecule has 0 aliphatic carbocycles. The molecule has 3 aromatic rings. The molecule has 9 heteroatoms. The van der Waals surface area contributed by atoms with Crippen LogP contribution in [-0.4, -0.2) is 30.7 Å². The highest BCUT2D eigenvalue weighted by molar-refractivity contribution is 6.31. The summed E-state index contributed by atoms with van der Waals surface area (Å²) < 4.78 is 21.1. The summed E-state index contributed by atoms with van der Waals surface area (Å²) in [7, 11) is 1.47. The van der Waals surface area contributed by atoms with Crippen LogP contribution in [0.15, 0.2) is 40.9 Å². The normalized spacial score (nSPS) is 10.5. The van der Waals surface area contributed by atoms with Crippen molar-refractivity contribution in [3.8, 4) is 11.5 Å². The first-order chi connectivity index (χ1) is 15.3. The van der Waals surface area contributed by atoms with Gasteiger partial charge in [-0.15, -0.1) is 0 Å². The van der Waals surface area contributed by atoms with Crippen molar-refractivity contribution in [1.29, 1.82) is 0 Å². The highest BCUT2D eigenvalue weighted by Gasteiger charge is 2.14. The molecule has 0 unspecified atom stereocenters. The molecule has 1 amide bonds. The zero-order chi connectivity index (χ0) is 23.3. The van der Waals surface area contributed by atoms with E-state index in [4.69, 9.17) is 30.3 Å². The molecular formula is C23H23ClN2O6. The number of carbonyl (C=O) groups excluding carboxylic acids is 2. The average molecular weight is 459 g/mol. The molecular weight excluding hydrogens is 436 g/mol. The highest BCUT2D eigenvalue weighted by atomic mass is 35.5. The van der Waals surface area contributed by atoms with E-state index < -0.39 is 18.5 Å². The van der Waals surface area contributed by atoms with Gasteiger partial charge in [-0.25, -0.2) is 4.79 Å². The van der Waals surface area contributed by atoms with Gasteiger partial charge in [-0.2, -0.15) is 0 Å². The summed E-state index contributed by atoms with van der Waals surface area (Å²) in [5, 5.41) is 7.05. The average Bonchev–Trinajstić information content (AvgIpc) is 3.10. The van der Waals surface area contributed by atoms with Crippen LogP contribution in [0, 0.1) is 20.8 Å². The van der Waals surface area contributed by atoms with Crippen molar-refractivity contribution >= 4 is 29.2 Å². The molecule has 0 saturated carbocycles. The van der Waals surface area contributed by atoms with Crippen LogP contribution >= 0.6 is 11.6 Å². The van der Waals surface area contributed by atoms with Crippen molar-refractivity contribution in [3.63, 3.8) is 0 Å². The number of hydrogen-bond acceptors (Lipinski definition) is 7. The van der Waals surface area contributed by atoms with Gasteiger partial charge < -0.3 is 24.1 Å². The summed E-state index contributed by atoms with van der Waals surface area (Å²) in [6, 6.07) is 9.71. The number of nitrogens with one attached hydrogen (secondary N) is 1. The predicted octanol–water partition coefficient (Wildman–Crippen LogP) is 4.64. The van der Waals surface area contributed by atoms with Crippen molar-refractivity contribution in [1.82, 2.24) is 5.16 Å². The van der Waals surface area contributed by atoms with Gasteiger partial charge in [0.05, 0.1) is 29.6 Å². The summed E-state index contributed by atoms with van der Waals surface area (Å²) in [5.74, 6) is 0.554. The third kappa shape index (κ3) is 5.59. The van der Waals surface area contributed by atoms with Gasteiger partial charge in [0.25, 0.3) is 5.91 Å². The minimum absolute atomic E-state index is 0.294. The number of halogens is 1. The fourth-order valence-corrected chi connectivity index (χ4v) is 3.03. The molecule has 0 radical (unpaired) electrons. The lowest BCUT2D eigenvalue weighted by Gasteiger charge is -2.12. The van der Waals surface area contributed by atoms with E-state index in [1.54, 1.807) is 43.3 Å². The van der Waals surface area contributed by atoms with Crippen LogP contribution in [0.25, 0.3) is 0 Å². The Balaban J connectivity index is 1.52. The number of rotatable bonds is 8. The van der Waals surface area contributed by atoms with Gasteiger partial charge in [0, 0.05) is 11.1 Å². The Morgan fingerprint density at radius 2 is 1.84 bits per heavy atom. The van der Waals surface area contributed by atoms with Crippen LogP contribution in [0.5, 0.6) is 11.5 Å². The summed E-state index contributed by atoms with van der Waals surface area (Å²) in [4.78, 5) is 24.5. The Kier molecular flexibility index (Phi) is 7.37. The second kappa shape index (κ2) is 10.2. The van der Waals surface area contributed by atoms with Crippen LogP contribution in [0.2, 0.25) is 5.02 Å². The van der Waals surface area contributed by atoms with Gasteiger partial charge >= 0.3 is 5.97 Å². The molecule has 32 heavy (non-hydrogen) atoms. The number of nitrogens with zero attached hydrogens (tertiary/aromatic N) is 1. The molecule has 1 aromatic heterocycles. The maximum atomic E-state index is 12.3. The van der Waals surface area contributed by atoms with Gasteiger partial charge in [-0.3, -0.25) is 4.79 Å². The molecule has 0 spiro atoms. The number of carbonyl (C=O) groups is 2. The maximum absolute atomic E-state index is 12.3. The smallest absolute Gasteiger partial charge is 0.338 e. The lowest BCUT2D eigenvalue weighted by atomic mass is 10.2. The number of esters is 1. The molecule has 1 N–H and O–H groups in total. The van der Waals surface area contributed by atoms with E-state index in [-0.39, 0.29) is 0 Å². The molecule has 3 rings (SSSR count). The predicted molar refractivity (Wildman–Crippen MR) is 118 cm³/mol. The standard InChI is InChI=1S/C23H23ClN2O6/c1-13-9-20(21(29-4)10-19(13)24)25-22(27)12-31-23(28)16-5-7-17(8-6-16)30-11-18-14(2)26-32-15(18)3/h5-10H,11-12H2,1-4H3,(H,25,27). The molecule has 168 valence electrons. The molecule has 0 fully saturated rings. The number of aryl methyl sites for hydroxylation is 3. The van der Waals surface area contributed by atoms with Crippen molar-refractivity contribution in [3.05, 3.63) is 69.6 Å². The van der Waals surface area contributed by atoms with Crippen LogP contribution in [-0.2, 0) is 16.1 Å². The minimum Gasteiger partial charge on any atom is -0.495 e. The fraction of sp³-hybridized carbons (Fsp3) is 0.261. The fourth-order valence-electron chi connectivity index (χ4n) is 2.88. The molecule has 0 bridgehead atoms. The second-order valence-corrected chi connectivity index (χ2v) is 7.45. The maximum Gasteiger partial charge on any atom is 0.338 e. The van der Waals surface area contributed by atoms with E-state index in [0.29, 0.717) is 40.1 Å². The zero-order valence-electron chi connectivity index (χ0n) is 18.2. The van der Waals surface area contributed by atoms with Gasteiger partial charge in [0.1, 0.15) is 23.9 Å². The summed E-state index contributed by atoms with van der Waals surface area (Å²) >= 11 is 6.06. The lowest BCUT2D eigenvalue weighted by molar-refractivity contribution is -0.119. The number of ether oxygens (including phenoxy) is 3. The van der Waals surface area contributed by atoms with Crippen LogP contribution in [0.4, 0.5) is 5.69 Å². The quantitative estimate of drug-likeness (QED) is 0.491. The van der Waals surface area contributed by atoms with Crippen LogP contribution < -0.4 is 14.8 Å². The van der Waals surface area contributed by atoms with Crippen molar-refractivity contribution in [2.45, 2.75) is 27.4 Å².